The van der Waals surface area contributed by atoms with Crippen molar-refractivity contribution in [1.29, 1.82) is 0 Å². The van der Waals surface area contributed by atoms with E-state index in [-0.39, 0.29) is 6.61 Å². The van der Waals surface area contributed by atoms with E-state index in [2.05, 4.69) is 15.9 Å². The first kappa shape index (κ1) is 11.0. The van der Waals surface area contributed by atoms with Gasteiger partial charge in [0.05, 0.1) is 4.47 Å². The molecule has 14 heavy (non-hydrogen) atoms. The van der Waals surface area contributed by atoms with Crippen molar-refractivity contribution in [2.75, 3.05) is 6.61 Å². The number of halogens is 1. The summed E-state index contributed by atoms with van der Waals surface area (Å²) >= 11 is 3.31. The van der Waals surface area contributed by atoms with Gasteiger partial charge in [0.2, 0.25) is 0 Å². The third-order valence-corrected chi connectivity index (χ3v) is 2.52. The molecule has 0 aromatic heterocycles. The van der Waals surface area contributed by atoms with Gasteiger partial charge in [-0.1, -0.05) is 0 Å². The quantitative estimate of drug-likeness (QED) is 0.907. The summed E-state index contributed by atoms with van der Waals surface area (Å²) in [4.78, 5) is 10.3. The van der Waals surface area contributed by atoms with Crippen molar-refractivity contribution in [1.82, 2.24) is 0 Å². The van der Waals surface area contributed by atoms with E-state index >= 15 is 0 Å². The second kappa shape index (κ2) is 4.46. The molecule has 0 atom stereocenters. The number of rotatable bonds is 3. The number of aliphatic carboxylic acids is 1. The Balaban J connectivity index is 2.87. The van der Waals surface area contributed by atoms with E-state index in [1.807, 2.05) is 26.0 Å². The fraction of sp³-hybridized carbons (Fsp3) is 0.300. The van der Waals surface area contributed by atoms with Crippen LogP contribution in [-0.2, 0) is 4.79 Å². The number of ether oxygens (including phenoxy) is 1. The Labute approximate surface area is 90.8 Å². The standard InChI is InChI=1S/C10H11BrO3/c1-6-3-8(11)9(4-7(6)2)14-5-10(12)13/h3-4H,5H2,1-2H3,(H,12,13). The Morgan fingerprint density at radius 2 is 2.00 bits per heavy atom. The van der Waals surface area contributed by atoms with Crippen LogP contribution in [0.3, 0.4) is 0 Å². The van der Waals surface area contributed by atoms with E-state index in [4.69, 9.17) is 9.84 Å². The molecule has 0 fully saturated rings. The summed E-state index contributed by atoms with van der Waals surface area (Å²) in [5.74, 6) is -0.411. The molecule has 0 saturated carbocycles. The van der Waals surface area contributed by atoms with Gasteiger partial charge in [-0.15, -0.1) is 0 Å². The van der Waals surface area contributed by atoms with E-state index in [9.17, 15) is 4.79 Å². The van der Waals surface area contributed by atoms with E-state index in [1.54, 1.807) is 0 Å². The minimum absolute atomic E-state index is 0.318. The zero-order chi connectivity index (χ0) is 10.7. The van der Waals surface area contributed by atoms with Crippen LogP contribution in [0, 0.1) is 13.8 Å². The molecule has 4 heteroatoms. The molecule has 0 spiro atoms. The van der Waals surface area contributed by atoms with Crippen molar-refractivity contribution in [3.05, 3.63) is 27.7 Å². The second-order valence-corrected chi connectivity index (χ2v) is 3.90. The Morgan fingerprint density at radius 1 is 1.43 bits per heavy atom. The van der Waals surface area contributed by atoms with Gasteiger partial charge in [0.25, 0.3) is 0 Å². The molecule has 0 saturated heterocycles. The van der Waals surface area contributed by atoms with Crippen molar-refractivity contribution in [3.8, 4) is 5.75 Å². The molecule has 0 bridgehead atoms. The van der Waals surface area contributed by atoms with E-state index in [1.165, 1.54) is 0 Å². The molecule has 0 aliphatic heterocycles. The van der Waals surface area contributed by atoms with E-state index in [0.29, 0.717) is 5.75 Å². The van der Waals surface area contributed by atoms with Gasteiger partial charge in [0.15, 0.2) is 6.61 Å². The lowest BCUT2D eigenvalue weighted by Crippen LogP contribution is -2.09. The molecule has 1 N–H and O–H groups in total. The largest absolute Gasteiger partial charge is 0.481 e. The summed E-state index contributed by atoms with van der Waals surface area (Å²) in [5.41, 5.74) is 2.22. The van der Waals surface area contributed by atoms with Gasteiger partial charge >= 0.3 is 5.97 Å². The third-order valence-electron chi connectivity index (χ3n) is 1.90. The number of carboxylic acid groups (broad SMARTS) is 1. The van der Waals surface area contributed by atoms with Gasteiger partial charge in [-0.2, -0.15) is 0 Å². The first-order valence-electron chi connectivity index (χ1n) is 4.12. The Morgan fingerprint density at radius 3 is 2.57 bits per heavy atom. The summed E-state index contributed by atoms with van der Waals surface area (Å²) in [7, 11) is 0. The van der Waals surface area contributed by atoms with Crippen LogP contribution < -0.4 is 4.74 Å². The number of carbonyl (C=O) groups is 1. The van der Waals surface area contributed by atoms with Crippen LogP contribution in [0.1, 0.15) is 11.1 Å². The average Bonchev–Trinajstić information content (AvgIpc) is 2.09. The fourth-order valence-corrected chi connectivity index (χ4v) is 1.58. The van der Waals surface area contributed by atoms with Gasteiger partial charge in [0.1, 0.15) is 5.75 Å². The Kier molecular flexibility index (Phi) is 3.52. The van der Waals surface area contributed by atoms with Crippen LogP contribution in [0.5, 0.6) is 5.75 Å². The van der Waals surface area contributed by atoms with Crippen molar-refractivity contribution in [3.63, 3.8) is 0 Å². The second-order valence-electron chi connectivity index (χ2n) is 3.05. The van der Waals surface area contributed by atoms with Crippen LogP contribution in [0.25, 0.3) is 0 Å². The summed E-state index contributed by atoms with van der Waals surface area (Å²) in [6, 6.07) is 3.73. The van der Waals surface area contributed by atoms with Crippen LogP contribution >= 0.6 is 15.9 Å². The molecule has 76 valence electrons. The fourth-order valence-electron chi connectivity index (χ4n) is 1.00. The maximum atomic E-state index is 10.3. The first-order valence-corrected chi connectivity index (χ1v) is 4.91. The molecule has 0 heterocycles. The number of aryl methyl sites for hydroxylation is 2. The summed E-state index contributed by atoms with van der Waals surface area (Å²) < 4.78 is 5.87. The molecular formula is C10H11BrO3. The molecule has 3 nitrogen and oxygen atoms in total. The van der Waals surface area contributed by atoms with Crippen molar-refractivity contribution >= 4 is 21.9 Å². The maximum absolute atomic E-state index is 10.3. The van der Waals surface area contributed by atoms with Gasteiger partial charge in [-0.3, -0.25) is 0 Å². The lowest BCUT2D eigenvalue weighted by molar-refractivity contribution is -0.139. The topological polar surface area (TPSA) is 46.5 Å². The Bertz CT molecular complexity index is 361. The minimum Gasteiger partial charge on any atom is -0.481 e. The molecule has 0 aliphatic carbocycles. The Hall–Kier alpha value is -1.03. The highest BCUT2D eigenvalue weighted by Gasteiger charge is 2.05. The molecule has 1 aromatic rings. The zero-order valence-electron chi connectivity index (χ0n) is 8.00. The lowest BCUT2D eigenvalue weighted by atomic mass is 10.1. The monoisotopic (exact) mass is 258 g/mol. The number of hydrogen-bond acceptors (Lipinski definition) is 2. The van der Waals surface area contributed by atoms with Gasteiger partial charge < -0.3 is 9.84 Å². The molecular weight excluding hydrogens is 248 g/mol. The first-order chi connectivity index (χ1) is 6.50. The maximum Gasteiger partial charge on any atom is 0.341 e. The minimum atomic E-state index is -0.977. The molecule has 0 radical (unpaired) electrons. The third kappa shape index (κ3) is 2.73. The van der Waals surface area contributed by atoms with Crippen LogP contribution in [0.2, 0.25) is 0 Å². The zero-order valence-corrected chi connectivity index (χ0v) is 9.59. The van der Waals surface area contributed by atoms with Crippen molar-refractivity contribution in [2.45, 2.75) is 13.8 Å². The SMILES string of the molecule is Cc1cc(Br)c(OCC(=O)O)cc1C. The van der Waals surface area contributed by atoms with E-state index in [0.717, 1.165) is 15.6 Å². The average molecular weight is 259 g/mol. The van der Waals surface area contributed by atoms with E-state index < -0.39 is 5.97 Å². The van der Waals surface area contributed by atoms with Crippen molar-refractivity contribution in [2.24, 2.45) is 0 Å². The number of benzene rings is 1. The summed E-state index contributed by atoms with van der Waals surface area (Å²) in [6.45, 7) is 3.62. The normalized spacial score (nSPS) is 9.93. The molecule has 0 unspecified atom stereocenters. The van der Waals surface area contributed by atoms with Gasteiger partial charge in [0, 0.05) is 0 Å². The predicted molar refractivity (Wildman–Crippen MR) is 56.7 cm³/mol. The molecule has 1 aromatic carbocycles. The predicted octanol–water partition coefficient (Wildman–Crippen LogP) is 2.53. The number of hydrogen-bond donors (Lipinski definition) is 1. The van der Waals surface area contributed by atoms with Crippen LogP contribution in [0.4, 0.5) is 0 Å². The number of carboxylic acids is 1. The molecule has 0 amide bonds. The molecule has 1 rings (SSSR count). The highest BCUT2D eigenvalue weighted by molar-refractivity contribution is 9.10. The van der Waals surface area contributed by atoms with Crippen LogP contribution in [-0.4, -0.2) is 17.7 Å². The summed E-state index contributed by atoms with van der Waals surface area (Å²) in [5, 5.41) is 8.45. The highest BCUT2D eigenvalue weighted by Crippen LogP contribution is 2.28. The smallest absolute Gasteiger partial charge is 0.341 e. The highest BCUT2D eigenvalue weighted by atomic mass is 79.9. The van der Waals surface area contributed by atoms with Crippen molar-refractivity contribution < 1.29 is 14.6 Å². The van der Waals surface area contributed by atoms with Crippen LogP contribution in [0.15, 0.2) is 16.6 Å². The summed E-state index contributed by atoms with van der Waals surface area (Å²) in [6.07, 6.45) is 0. The van der Waals surface area contributed by atoms with Gasteiger partial charge in [-0.05, 0) is 53.0 Å². The molecule has 0 aliphatic rings. The lowest BCUT2D eigenvalue weighted by Gasteiger charge is -2.08. The van der Waals surface area contributed by atoms with Gasteiger partial charge in [-0.25, -0.2) is 4.79 Å².